The van der Waals surface area contributed by atoms with Crippen LogP contribution in [0.5, 0.6) is 0 Å². The van der Waals surface area contributed by atoms with E-state index >= 15 is 0 Å². The van der Waals surface area contributed by atoms with Gasteiger partial charge in [-0.15, -0.1) is 0 Å². The van der Waals surface area contributed by atoms with Gasteiger partial charge in [0.1, 0.15) is 5.69 Å². The number of rotatable bonds is 3. The second kappa shape index (κ2) is 6.01. The van der Waals surface area contributed by atoms with E-state index in [1.54, 1.807) is 6.33 Å². The van der Waals surface area contributed by atoms with Crippen molar-refractivity contribution in [3.63, 3.8) is 0 Å². The highest BCUT2D eigenvalue weighted by atomic mass is 32.2. The molecule has 1 spiro atoms. The monoisotopic (exact) mass is 309 g/mol. The Morgan fingerprint density at radius 2 is 2.48 bits per heavy atom. The highest BCUT2D eigenvalue weighted by Crippen LogP contribution is 2.38. The van der Waals surface area contributed by atoms with Crippen molar-refractivity contribution in [2.24, 2.45) is 0 Å². The van der Waals surface area contributed by atoms with Crippen LogP contribution in [0.2, 0.25) is 0 Å². The van der Waals surface area contributed by atoms with Gasteiger partial charge in [0.05, 0.1) is 11.9 Å². The molecule has 6 heteroatoms. The van der Waals surface area contributed by atoms with Crippen LogP contribution in [0.3, 0.4) is 0 Å². The molecule has 0 radical (unpaired) electrons. The van der Waals surface area contributed by atoms with Gasteiger partial charge in [-0.2, -0.15) is 11.8 Å². The lowest BCUT2D eigenvalue weighted by Crippen LogP contribution is -2.48. The molecule has 1 amide bonds. The summed E-state index contributed by atoms with van der Waals surface area (Å²) >= 11 is 1.95. The Bertz CT molecular complexity index is 509. The summed E-state index contributed by atoms with van der Waals surface area (Å²) in [6.45, 7) is 4.89. The van der Waals surface area contributed by atoms with Crippen LogP contribution < -0.4 is 5.32 Å². The molecule has 1 aromatic rings. The molecule has 3 rings (SSSR count). The quantitative estimate of drug-likeness (QED) is 0.930. The fourth-order valence-electron chi connectivity index (χ4n) is 3.01. The number of nitrogens with one attached hydrogen (secondary N) is 1. The van der Waals surface area contributed by atoms with Crippen LogP contribution in [-0.2, 0) is 4.74 Å². The van der Waals surface area contributed by atoms with Crippen molar-refractivity contribution in [3.8, 4) is 0 Å². The summed E-state index contributed by atoms with van der Waals surface area (Å²) in [4.78, 5) is 16.5. The lowest BCUT2D eigenvalue weighted by molar-refractivity contribution is -0.0688. The molecule has 0 aromatic carbocycles. The lowest BCUT2D eigenvalue weighted by atomic mass is 9.90. The number of nitrogens with zero attached hydrogens (tertiary/aromatic N) is 2. The summed E-state index contributed by atoms with van der Waals surface area (Å²) in [6, 6.07) is 0.523. The van der Waals surface area contributed by atoms with Crippen molar-refractivity contribution in [3.05, 3.63) is 18.2 Å². The Labute approximate surface area is 129 Å². The number of carbonyl (C=O) groups is 1. The van der Waals surface area contributed by atoms with Gasteiger partial charge in [-0.25, -0.2) is 4.98 Å². The summed E-state index contributed by atoms with van der Waals surface area (Å²) < 4.78 is 7.94. The van der Waals surface area contributed by atoms with E-state index in [4.69, 9.17) is 4.74 Å². The first kappa shape index (κ1) is 14.9. The molecule has 2 aliphatic rings. The normalized spacial score (nSPS) is 29.2. The first-order chi connectivity index (χ1) is 10.1. The molecule has 5 nitrogen and oxygen atoms in total. The van der Waals surface area contributed by atoms with E-state index in [-0.39, 0.29) is 17.6 Å². The number of aromatic nitrogens is 2. The average Bonchev–Trinajstić information content (AvgIpc) is 3.08. The predicted molar refractivity (Wildman–Crippen MR) is 83.7 cm³/mol. The third-order valence-corrected chi connectivity index (χ3v) is 5.55. The number of amides is 1. The SMILES string of the molecule is CC(C)n1cnc(C(=O)N[C@@H]2CCO[C@]3(CCSC3)C2)c1. The fraction of sp³-hybridized carbons (Fsp3) is 0.733. The Morgan fingerprint density at radius 1 is 1.62 bits per heavy atom. The molecule has 21 heavy (non-hydrogen) atoms. The largest absolute Gasteiger partial charge is 0.374 e. The van der Waals surface area contributed by atoms with Crippen LogP contribution in [0.15, 0.2) is 12.5 Å². The number of imidazole rings is 1. The number of hydrogen-bond acceptors (Lipinski definition) is 4. The fourth-order valence-corrected chi connectivity index (χ4v) is 4.39. The second-order valence-corrected chi connectivity index (χ2v) is 7.40. The van der Waals surface area contributed by atoms with Crippen LogP contribution in [0, 0.1) is 0 Å². The lowest BCUT2D eigenvalue weighted by Gasteiger charge is -2.37. The van der Waals surface area contributed by atoms with Crippen molar-refractivity contribution in [2.75, 3.05) is 18.1 Å². The summed E-state index contributed by atoms with van der Waals surface area (Å²) in [7, 11) is 0. The van der Waals surface area contributed by atoms with Crippen molar-refractivity contribution in [1.82, 2.24) is 14.9 Å². The zero-order valence-corrected chi connectivity index (χ0v) is 13.5. The van der Waals surface area contributed by atoms with Crippen LogP contribution in [-0.4, -0.2) is 45.2 Å². The molecule has 2 saturated heterocycles. The van der Waals surface area contributed by atoms with E-state index in [2.05, 4.69) is 24.1 Å². The number of thioether (sulfide) groups is 1. The van der Waals surface area contributed by atoms with E-state index in [1.807, 2.05) is 22.5 Å². The molecule has 2 atom stereocenters. The Morgan fingerprint density at radius 3 is 3.14 bits per heavy atom. The van der Waals surface area contributed by atoms with E-state index in [0.29, 0.717) is 11.7 Å². The van der Waals surface area contributed by atoms with Gasteiger partial charge in [0.15, 0.2) is 0 Å². The minimum atomic E-state index is -0.0675. The summed E-state index contributed by atoms with van der Waals surface area (Å²) in [5, 5.41) is 3.13. The van der Waals surface area contributed by atoms with Gasteiger partial charge in [0.2, 0.25) is 0 Å². The van der Waals surface area contributed by atoms with Crippen LogP contribution in [0.25, 0.3) is 0 Å². The maximum Gasteiger partial charge on any atom is 0.271 e. The van der Waals surface area contributed by atoms with E-state index in [1.165, 1.54) is 5.75 Å². The molecule has 0 aliphatic carbocycles. The van der Waals surface area contributed by atoms with Gasteiger partial charge >= 0.3 is 0 Å². The zero-order chi connectivity index (χ0) is 14.9. The molecule has 0 saturated carbocycles. The molecular weight excluding hydrogens is 286 g/mol. The summed E-state index contributed by atoms with van der Waals surface area (Å²) in [5.74, 6) is 2.16. The predicted octanol–water partition coefficient (Wildman–Crippen LogP) is 2.25. The maximum absolute atomic E-state index is 12.3. The zero-order valence-electron chi connectivity index (χ0n) is 12.7. The molecule has 2 fully saturated rings. The minimum Gasteiger partial charge on any atom is -0.374 e. The van der Waals surface area contributed by atoms with E-state index in [9.17, 15) is 4.79 Å². The van der Waals surface area contributed by atoms with Crippen molar-refractivity contribution < 1.29 is 9.53 Å². The first-order valence-electron chi connectivity index (χ1n) is 7.64. The third kappa shape index (κ3) is 3.26. The minimum absolute atomic E-state index is 0.00183. The van der Waals surface area contributed by atoms with Gasteiger partial charge in [-0.05, 0) is 38.9 Å². The molecule has 2 aliphatic heterocycles. The summed E-state index contributed by atoms with van der Waals surface area (Å²) in [5.41, 5.74) is 0.503. The Balaban J connectivity index is 1.61. The summed E-state index contributed by atoms with van der Waals surface area (Å²) in [6.07, 6.45) is 6.46. The molecule has 1 aromatic heterocycles. The molecule has 1 N–H and O–H groups in total. The molecule has 3 heterocycles. The standard InChI is InChI=1S/C15H23N3O2S/c1-11(2)18-8-13(16-10-18)14(19)17-12-3-5-20-15(7-12)4-6-21-9-15/h8,10-12H,3-7,9H2,1-2H3,(H,17,19)/t12-,15-/m1/s1. The second-order valence-electron chi connectivity index (χ2n) is 6.30. The van der Waals surface area contributed by atoms with Crippen molar-refractivity contribution in [1.29, 1.82) is 0 Å². The molecule has 0 bridgehead atoms. The van der Waals surface area contributed by atoms with Crippen LogP contribution in [0.1, 0.15) is 49.6 Å². The number of hydrogen-bond donors (Lipinski definition) is 1. The van der Waals surface area contributed by atoms with Gasteiger partial charge < -0.3 is 14.6 Å². The smallest absolute Gasteiger partial charge is 0.271 e. The van der Waals surface area contributed by atoms with Gasteiger partial charge in [0, 0.05) is 30.6 Å². The third-order valence-electron chi connectivity index (χ3n) is 4.33. The Kier molecular flexibility index (Phi) is 4.26. The maximum atomic E-state index is 12.3. The van der Waals surface area contributed by atoms with E-state index < -0.39 is 0 Å². The molecule has 116 valence electrons. The number of carbonyl (C=O) groups excluding carboxylic acids is 1. The van der Waals surface area contributed by atoms with Crippen molar-refractivity contribution in [2.45, 2.75) is 50.8 Å². The van der Waals surface area contributed by atoms with Crippen LogP contribution >= 0.6 is 11.8 Å². The highest BCUT2D eigenvalue weighted by Gasteiger charge is 2.40. The Hall–Kier alpha value is -1.01. The average molecular weight is 309 g/mol. The van der Waals surface area contributed by atoms with Gasteiger partial charge in [-0.3, -0.25) is 4.79 Å². The van der Waals surface area contributed by atoms with Gasteiger partial charge in [-0.1, -0.05) is 0 Å². The molecular formula is C15H23N3O2S. The molecule has 0 unspecified atom stereocenters. The van der Waals surface area contributed by atoms with Crippen molar-refractivity contribution >= 4 is 17.7 Å². The first-order valence-corrected chi connectivity index (χ1v) is 8.79. The number of ether oxygens (including phenoxy) is 1. The topological polar surface area (TPSA) is 56.2 Å². The highest BCUT2D eigenvalue weighted by molar-refractivity contribution is 7.99. The van der Waals surface area contributed by atoms with E-state index in [0.717, 1.165) is 31.6 Å². The van der Waals surface area contributed by atoms with Crippen LogP contribution in [0.4, 0.5) is 0 Å². The van der Waals surface area contributed by atoms with Gasteiger partial charge in [0.25, 0.3) is 5.91 Å².